The average Bonchev–Trinajstić information content (AvgIpc) is 2.73. The van der Waals surface area contributed by atoms with Gasteiger partial charge in [0.15, 0.2) is 0 Å². The van der Waals surface area contributed by atoms with E-state index in [0.717, 1.165) is 21.4 Å². The van der Waals surface area contributed by atoms with Crippen LogP contribution in [0.4, 0.5) is 0 Å². The van der Waals surface area contributed by atoms with E-state index >= 15 is 0 Å². The van der Waals surface area contributed by atoms with E-state index in [-0.39, 0.29) is 5.56 Å². The Hall–Kier alpha value is -1.88. The fraction of sp³-hybridized carbons (Fsp3) is 0.0769. The molecule has 3 rings (SSSR count). The second-order valence-corrected chi connectivity index (χ2v) is 5.04. The van der Waals surface area contributed by atoms with Gasteiger partial charge in [0.1, 0.15) is 5.65 Å². The van der Waals surface area contributed by atoms with Gasteiger partial charge in [0.2, 0.25) is 0 Å². The van der Waals surface area contributed by atoms with E-state index in [1.54, 1.807) is 0 Å². The van der Waals surface area contributed by atoms with Gasteiger partial charge in [-0.15, -0.1) is 0 Å². The van der Waals surface area contributed by atoms with E-state index < -0.39 is 0 Å². The second kappa shape index (κ2) is 4.10. The van der Waals surface area contributed by atoms with Crippen molar-refractivity contribution in [2.24, 2.45) is 0 Å². The fourth-order valence-corrected chi connectivity index (χ4v) is 2.31. The molecule has 90 valence electrons. The van der Waals surface area contributed by atoms with Crippen LogP contribution in [0.3, 0.4) is 0 Å². The van der Waals surface area contributed by atoms with Crippen molar-refractivity contribution < 1.29 is 0 Å². The number of H-pyrrole nitrogens is 1. The maximum absolute atomic E-state index is 11.8. The van der Waals surface area contributed by atoms with Gasteiger partial charge in [-0.1, -0.05) is 28.1 Å². The predicted molar refractivity (Wildman–Crippen MR) is 73.7 cm³/mol. The summed E-state index contributed by atoms with van der Waals surface area (Å²) in [6.45, 7) is 1.85. The third-order valence-electron chi connectivity index (χ3n) is 2.70. The van der Waals surface area contributed by atoms with Crippen LogP contribution in [-0.2, 0) is 0 Å². The minimum Gasteiger partial charge on any atom is -0.344 e. The summed E-state index contributed by atoms with van der Waals surface area (Å²) in [6.07, 6.45) is 0. The number of rotatable bonds is 1. The molecule has 0 aliphatic heterocycles. The molecule has 0 amide bonds. The van der Waals surface area contributed by atoms with Crippen LogP contribution in [0, 0.1) is 6.92 Å². The van der Waals surface area contributed by atoms with Crippen LogP contribution in [-0.4, -0.2) is 14.6 Å². The van der Waals surface area contributed by atoms with Crippen LogP contribution < -0.4 is 5.56 Å². The summed E-state index contributed by atoms with van der Waals surface area (Å²) >= 11 is 3.43. The molecule has 0 radical (unpaired) electrons. The Labute approximate surface area is 111 Å². The molecule has 0 unspecified atom stereocenters. The van der Waals surface area contributed by atoms with Gasteiger partial charge in [-0.25, -0.2) is 0 Å². The Bertz CT molecular complexity index is 788. The lowest BCUT2D eigenvalue weighted by atomic mass is 10.2. The molecular formula is C13H10BrN3O. The topological polar surface area (TPSA) is 50.2 Å². The first-order valence-corrected chi connectivity index (χ1v) is 6.28. The summed E-state index contributed by atoms with van der Waals surface area (Å²) in [4.78, 5) is 14.9. The number of nitrogens with one attached hydrogen (secondary N) is 1. The molecule has 1 aromatic carbocycles. The number of hydrogen-bond acceptors (Lipinski definition) is 2. The summed E-state index contributed by atoms with van der Waals surface area (Å²) in [5.74, 6) is 0. The van der Waals surface area contributed by atoms with Crippen LogP contribution in [0.2, 0.25) is 0 Å². The number of aromatic amines is 1. The molecule has 0 saturated heterocycles. The van der Waals surface area contributed by atoms with Gasteiger partial charge in [0.05, 0.1) is 5.69 Å². The first kappa shape index (κ1) is 11.2. The van der Waals surface area contributed by atoms with Crippen molar-refractivity contribution in [1.29, 1.82) is 0 Å². The van der Waals surface area contributed by atoms with Crippen LogP contribution >= 0.6 is 15.9 Å². The minimum atomic E-state index is -0.123. The van der Waals surface area contributed by atoms with Crippen molar-refractivity contribution in [3.05, 3.63) is 56.9 Å². The van der Waals surface area contributed by atoms with Crippen molar-refractivity contribution >= 4 is 21.6 Å². The zero-order valence-corrected chi connectivity index (χ0v) is 11.2. The van der Waals surface area contributed by atoms with Crippen molar-refractivity contribution in [2.75, 3.05) is 0 Å². The Balaban J connectivity index is 2.26. The Morgan fingerprint density at radius 3 is 2.89 bits per heavy atom. The molecule has 5 heteroatoms. The number of fused-ring (bicyclic) bond motifs is 1. The average molecular weight is 304 g/mol. The minimum absolute atomic E-state index is 0.123. The van der Waals surface area contributed by atoms with Gasteiger partial charge in [-0.2, -0.15) is 9.61 Å². The molecule has 0 aliphatic carbocycles. The van der Waals surface area contributed by atoms with Gasteiger partial charge in [-0.3, -0.25) is 4.79 Å². The highest BCUT2D eigenvalue weighted by atomic mass is 79.9. The number of aromatic nitrogens is 3. The summed E-state index contributed by atoms with van der Waals surface area (Å²) in [5.41, 5.74) is 3.15. The number of nitrogens with zero attached hydrogens (tertiary/aromatic N) is 2. The Morgan fingerprint density at radius 2 is 2.11 bits per heavy atom. The number of aryl methyl sites for hydroxylation is 1. The van der Waals surface area contributed by atoms with Crippen molar-refractivity contribution in [2.45, 2.75) is 6.92 Å². The fourth-order valence-electron chi connectivity index (χ4n) is 1.91. The Kier molecular flexibility index (Phi) is 2.56. The Morgan fingerprint density at radius 1 is 1.28 bits per heavy atom. The highest BCUT2D eigenvalue weighted by Gasteiger charge is 2.07. The molecule has 2 aromatic heterocycles. The van der Waals surface area contributed by atoms with Crippen LogP contribution in [0.5, 0.6) is 0 Å². The van der Waals surface area contributed by atoms with E-state index in [4.69, 9.17) is 0 Å². The molecule has 0 atom stereocenters. The lowest BCUT2D eigenvalue weighted by molar-refractivity contribution is 0.893. The van der Waals surface area contributed by atoms with Gasteiger partial charge in [0.25, 0.3) is 5.56 Å². The molecule has 1 N–H and O–H groups in total. The van der Waals surface area contributed by atoms with Gasteiger partial charge < -0.3 is 4.98 Å². The van der Waals surface area contributed by atoms with Gasteiger partial charge in [0, 0.05) is 27.9 Å². The summed E-state index contributed by atoms with van der Waals surface area (Å²) < 4.78 is 2.36. The highest BCUT2D eigenvalue weighted by Crippen LogP contribution is 2.22. The zero-order chi connectivity index (χ0) is 12.7. The predicted octanol–water partition coefficient (Wildman–Crippen LogP) is 2.76. The molecule has 0 aliphatic rings. The smallest absolute Gasteiger partial charge is 0.274 e. The van der Waals surface area contributed by atoms with Crippen LogP contribution in [0.1, 0.15) is 5.69 Å². The first-order valence-electron chi connectivity index (χ1n) is 5.49. The standard InChI is InChI=1S/C13H10BrN3O/c1-8-5-13(18)17-12(15-8)7-11(16-17)9-3-2-4-10(14)6-9/h2-7,15H,1H3. The van der Waals surface area contributed by atoms with Crippen molar-refractivity contribution in [3.8, 4) is 11.3 Å². The van der Waals surface area contributed by atoms with E-state index in [1.807, 2.05) is 37.3 Å². The van der Waals surface area contributed by atoms with E-state index in [2.05, 4.69) is 26.0 Å². The lowest BCUT2D eigenvalue weighted by Gasteiger charge is -1.95. The number of hydrogen-bond donors (Lipinski definition) is 1. The monoisotopic (exact) mass is 303 g/mol. The maximum atomic E-state index is 11.8. The molecule has 4 nitrogen and oxygen atoms in total. The zero-order valence-electron chi connectivity index (χ0n) is 9.64. The van der Waals surface area contributed by atoms with E-state index in [0.29, 0.717) is 5.65 Å². The van der Waals surface area contributed by atoms with Crippen molar-refractivity contribution in [3.63, 3.8) is 0 Å². The highest BCUT2D eigenvalue weighted by molar-refractivity contribution is 9.10. The molecule has 0 saturated carbocycles. The largest absolute Gasteiger partial charge is 0.344 e. The third-order valence-corrected chi connectivity index (χ3v) is 3.20. The number of halogens is 1. The first-order chi connectivity index (χ1) is 8.63. The molecule has 18 heavy (non-hydrogen) atoms. The molecule has 3 aromatic rings. The van der Waals surface area contributed by atoms with Gasteiger partial charge in [-0.05, 0) is 19.1 Å². The quantitative estimate of drug-likeness (QED) is 0.751. The van der Waals surface area contributed by atoms with Crippen LogP contribution in [0.15, 0.2) is 45.7 Å². The van der Waals surface area contributed by atoms with E-state index in [1.165, 1.54) is 10.6 Å². The summed E-state index contributed by atoms with van der Waals surface area (Å²) in [6, 6.07) is 11.2. The van der Waals surface area contributed by atoms with Gasteiger partial charge >= 0.3 is 0 Å². The molecule has 0 bridgehead atoms. The summed E-state index contributed by atoms with van der Waals surface area (Å²) in [7, 11) is 0. The molecule has 0 fully saturated rings. The van der Waals surface area contributed by atoms with Crippen LogP contribution in [0.25, 0.3) is 16.9 Å². The number of benzene rings is 1. The molecular weight excluding hydrogens is 294 g/mol. The van der Waals surface area contributed by atoms with E-state index in [9.17, 15) is 4.79 Å². The maximum Gasteiger partial charge on any atom is 0.274 e. The molecule has 2 heterocycles. The second-order valence-electron chi connectivity index (χ2n) is 4.13. The van der Waals surface area contributed by atoms with Crippen molar-refractivity contribution in [1.82, 2.24) is 14.6 Å². The summed E-state index contributed by atoms with van der Waals surface area (Å²) in [5, 5.41) is 4.32. The normalized spacial score (nSPS) is 11.0. The lowest BCUT2D eigenvalue weighted by Crippen LogP contribution is -2.14. The SMILES string of the molecule is Cc1cc(=O)n2nc(-c3cccc(Br)c3)cc2[nH]1. The third kappa shape index (κ3) is 1.86. The molecule has 0 spiro atoms.